The second kappa shape index (κ2) is 6.44. The normalized spacial score (nSPS) is 13.1. The van der Waals surface area contributed by atoms with E-state index in [1.54, 1.807) is 24.4 Å². The highest BCUT2D eigenvalue weighted by Crippen LogP contribution is 2.37. The largest absolute Gasteiger partial charge is 0.481 e. The number of aliphatic carboxylic acids is 1. The maximum atomic E-state index is 13.0. The molecule has 0 unspecified atom stereocenters. The van der Waals surface area contributed by atoms with Crippen LogP contribution >= 0.6 is 11.6 Å². The van der Waals surface area contributed by atoms with Gasteiger partial charge in [-0.05, 0) is 35.4 Å². The summed E-state index contributed by atoms with van der Waals surface area (Å²) in [7, 11) is 0. The number of aromatic nitrogens is 1. The van der Waals surface area contributed by atoms with Crippen LogP contribution in [0.15, 0.2) is 48.7 Å². The summed E-state index contributed by atoms with van der Waals surface area (Å²) in [5.41, 5.74) is 0.817. The molecule has 0 aliphatic rings. The molecule has 0 saturated heterocycles. The summed E-state index contributed by atoms with van der Waals surface area (Å²) < 4.78 is 39.0. The molecule has 2 aromatic carbocycles. The summed E-state index contributed by atoms with van der Waals surface area (Å²) in [6.45, 7) is 0. The van der Waals surface area contributed by atoms with Gasteiger partial charge in [0.25, 0.3) is 0 Å². The first kappa shape index (κ1) is 17.4. The minimum absolute atomic E-state index is 0.290. The fraction of sp³-hybridized carbons (Fsp3) is 0.167. The molecule has 0 radical (unpaired) electrons. The van der Waals surface area contributed by atoms with Crippen LogP contribution in [0.1, 0.15) is 29.0 Å². The molecule has 0 bridgehead atoms. The first-order valence-electron chi connectivity index (χ1n) is 7.41. The van der Waals surface area contributed by atoms with Gasteiger partial charge in [0, 0.05) is 28.0 Å². The number of rotatable bonds is 4. The number of alkyl halides is 3. The Hall–Kier alpha value is -2.47. The lowest BCUT2D eigenvalue weighted by atomic mass is 9.87. The smallest absolute Gasteiger partial charge is 0.416 e. The number of carboxylic acids is 1. The van der Waals surface area contributed by atoms with Crippen LogP contribution in [0.5, 0.6) is 0 Å². The summed E-state index contributed by atoms with van der Waals surface area (Å²) in [5, 5.41) is 10.4. The molecule has 0 fully saturated rings. The highest BCUT2D eigenvalue weighted by atomic mass is 35.5. The van der Waals surface area contributed by atoms with Crippen molar-refractivity contribution in [3.05, 3.63) is 70.4 Å². The van der Waals surface area contributed by atoms with Gasteiger partial charge in [-0.15, -0.1) is 0 Å². The van der Waals surface area contributed by atoms with Crippen molar-refractivity contribution in [3.63, 3.8) is 0 Å². The Balaban J connectivity index is 2.15. The van der Waals surface area contributed by atoms with Crippen LogP contribution in [0, 0.1) is 0 Å². The Morgan fingerprint density at radius 3 is 2.64 bits per heavy atom. The third-order valence-electron chi connectivity index (χ3n) is 4.05. The van der Waals surface area contributed by atoms with Gasteiger partial charge in [-0.1, -0.05) is 29.8 Å². The predicted octanol–water partition coefficient (Wildman–Crippen LogP) is 5.45. The van der Waals surface area contributed by atoms with Gasteiger partial charge >= 0.3 is 12.1 Å². The van der Waals surface area contributed by atoms with Crippen molar-refractivity contribution in [3.8, 4) is 0 Å². The number of H-pyrrole nitrogens is 1. The second-order valence-electron chi connectivity index (χ2n) is 5.71. The van der Waals surface area contributed by atoms with Crippen molar-refractivity contribution in [2.45, 2.75) is 18.5 Å². The zero-order valence-corrected chi connectivity index (χ0v) is 13.5. The standard InChI is InChI=1S/C18H13ClF3NO2/c19-12-4-5-16-14(7-12)15(9-23-16)13(8-17(24)25)10-2-1-3-11(6-10)18(20,21)22/h1-7,9,13,23H,8H2,(H,24,25)/t13-/m1/s1. The molecule has 130 valence electrons. The van der Waals surface area contributed by atoms with Crippen molar-refractivity contribution in [1.82, 2.24) is 4.98 Å². The zero-order chi connectivity index (χ0) is 18.2. The third-order valence-corrected chi connectivity index (χ3v) is 4.28. The quantitative estimate of drug-likeness (QED) is 0.644. The Kier molecular flexibility index (Phi) is 4.47. The Morgan fingerprint density at radius 2 is 1.96 bits per heavy atom. The fourth-order valence-corrected chi connectivity index (χ4v) is 3.09. The van der Waals surface area contributed by atoms with Gasteiger partial charge in [0.1, 0.15) is 0 Å². The van der Waals surface area contributed by atoms with Gasteiger partial charge in [0.15, 0.2) is 0 Å². The number of hydrogen-bond acceptors (Lipinski definition) is 1. The lowest BCUT2D eigenvalue weighted by molar-refractivity contribution is -0.138. The Morgan fingerprint density at radius 1 is 1.20 bits per heavy atom. The lowest BCUT2D eigenvalue weighted by Crippen LogP contribution is -2.10. The maximum absolute atomic E-state index is 13.0. The van der Waals surface area contributed by atoms with Gasteiger partial charge in [-0.3, -0.25) is 4.79 Å². The molecule has 1 atom stereocenters. The first-order chi connectivity index (χ1) is 11.8. The molecule has 3 nitrogen and oxygen atoms in total. The van der Waals surface area contributed by atoms with Crippen LogP contribution in [0.3, 0.4) is 0 Å². The lowest BCUT2D eigenvalue weighted by Gasteiger charge is -2.17. The SMILES string of the molecule is O=C(O)C[C@H](c1cccc(C(F)(F)F)c1)c1c[nH]c2ccc(Cl)cc12. The van der Waals surface area contributed by atoms with Gasteiger partial charge < -0.3 is 10.1 Å². The van der Waals surface area contributed by atoms with E-state index in [0.29, 0.717) is 16.0 Å². The predicted molar refractivity (Wildman–Crippen MR) is 88.8 cm³/mol. The number of carbonyl (C=O) groups is 1. The third kappa shape index (κ3) is 3.64. The van der Waals surface area contributed by atoms with Crippen LogP contribution in [0.4, 0.5) is 13.2 Å². The van der Waals surface area contributed by atoms with Crippen LogP contribution in [0.25, 0.3) is 10.9 Å². The summed E-state index contributed by atoms with van der Waals surface area (Å²) in [4.78, 5) is 14.3. The molecule has 0 aliphatic carbocycles. The maximum Gasteiger partial charge on any atom is 0.416 e. The van der Waals surface area contributed by atoms with Crippen LogP contribution in [0.2, 0.25) is 5.02 Å². The van der Waals surface area contributed by atoms with Crippen molar-refractivity contribution in [2.24, 2.45) is 0 Å². The average molecular weight is 368 g/mol. The molecule has 1 heterocycles. The summed E-state index contributed by atoms with van der Waals surface area (Å²) >= 11 is 6.01. The van der Waals surface area contributed by atoms with E-state index in [4.69, 9.17) is 11.6 Å². The molecule has 0 aliphatic heterocycles. The number of halogens is 4. The van der Waals surface area contributed by atoms with Crippen molar-refractivity contribution < 1.29 is 23.1 Å². The van der Waals surface area contributed by atoms with Crippen LogP contribution in [-0.2, 0) is 11.0 Å². The molecule has 3 rings (SSSR count). The van der Waals surface area contributed by atoms with Gasteiger partial charge in [0.2, 0.25) is 0 Å². The van der Waals surface area contributed by atoms with Crippen molar-refractivity contribution in [1.29, 1.82) is 0 Å². The fourth-order valence-electron chi connectivity index (χ4n) is 2.92. The van der Waals surface area contributed by atoms with E-state index < -0.39 is 23.6 Å². The minimum Gasteiger partial charge on any atom is -0.481 e. The van der Waals surface area contributed by atoms with Crippen molar-refractivity contribution in [2.75, 3.05) is 0 Å². The molecule has 25 heavy (non-hydrogen) atoms. The molecule has 7 heteroatoms. The highest BCUT2D eigenvalue weighted by Gasteiger charge is 2.31. The average Bonchev–Trinajstić information content (AvgIpc) is 2.94. The van der Waals surface area contributed by atoms with E-state index in [2.05, 4.69) is 4.98 Å². The number of aromatic amines is 1. The van der Waals surface area contributed by atoms with E-state index >= 15 is 0 Å². The molecular weight excluding hydrogens is 355 g/mol. The molecule has 2 N–H and O–H groups in total. The van der Waals surface area contributed by atoms with Crippen LogP contribution in [-0.4, -0.2) is 16.1 Å². The number of benzene rings is 2. The number of nitrogens with one attached hydrogen (secondary N) is 1. The Labute approximate surface area is 146 Å². The van der Waals surface area contributed by atoms with Crippen molar-refractivity contribution >= 4 is 28.5 Å². The molecule has 0 spiro atoms. The molecule has 0 saturated carbocycles. The molecular formula is C18H13ClF3NO2. The summed E-state index contributed by atoms with van der Waals surface area (Å²) in [6, 6.07) is 9.85. The summed E-state index contributed by atoms with van der Waals surface area (Å²) in [5.74, 6) is -1.83. The number of hydrogen-bond donors (Lipinski definition) is 2. The Bertz CT molecular complexity index is 933. The van der Waals surface area contributed by atoms with Gasteiger partial charge in [0.05, 0.1) is 12.0 Å². The molecule has 0 amide bonds. The van der Waals surface area contributed by atoms with E-state index in [9.17, 15) is 23.1 Å². The zero-order valence-electron chi connectivity index (χ0n) is 12.8. The first-order valence-corrected chi connectivity index (χ1v) is 7.79. The molecule has 3 aromatic rings. The number of fused-ring (bicyclic) bond motifs is 1. The summed E-state index contributed by atoms with van der Waals surface area (Å²) in [6.07, 6.45) is -3.21. The van der Waals surface area contributed by atoms with Gasteiger partial charge in [-0.2, -0.15) is 13.2 Å². The van der Waals surface area contributed by atoms with Gasteiger partial charge in [-0.25, -0.2) is 0 Å². The minimum atomic E-state index is -4.49. The van der Waals surface area contributed by atoms with E-state index in [0.717, 1.165) is 17.6 Å². The second-order valence-corrected chi connectivity index (χ2v) is 6.14. The van der Waals surface area contributed by atoms with E-state index in [1.165, 1.54) is 12.1 Å². The molecule has 1 aromatic heterocycles. The van der Waals surface area contributed by atoms with E-state index in [-0.39, 0.29) is 12.0 Å². The topological polar surface area (TPSA) is 53.1 Å². The number of carboxylic acid groups (broad SMARTS) is 1. The van der Waals surface area contributed by atoms with E-state index in [1.807, 2.05) is 0 Å². The highest BCUT2D eigenvalue weighted by molar-refractivity contribution is 6.31. The monoisotopic (exact) mass is 367 g/mol. The van der Waals surface area contributed by atoms with Crippen LogP contribution < -0.4 is 0 Å².